The molecule has 0 unspecified atom stereocenters. The third-order valence-corrected chi connectivity index (χ3v) is 6.18. The van der Waals surface area contributed by atoms with Gasteiger partial charge in [0.05, 0.1) is 23.7 Å². The van der Waals surface area contributed by atoms with E-state index in [1.54, 1.807) is 4.90 Å². The normalized spacial score (nSPS) is 21.5. The third kappa shape index (κ3) is 4.63. The van der Waals surface area contributed by atoms with Crippen LogP contribution in [-0.4, -0.2) is 63.4 Å². The average molecular weight is 424 g/mol. The van der Waals surface area contributed by atoms with E-state index >= 15 is 0 Å². The molecule has 2 aromatic carbocycles. The topological polar surface area (TPSA) is 98.7 Å². The largest absolute Gasteiger partial charge is 0.396 e. The number of piperidine rings is 1. The Labute approximate surface area is 181 Å². The SMILES string of the molecule is Cc1cccc2[nH]c(COCC(=O)N3CC[C@@H](O)[C@@](CO)(Cc4ccccc4)C3)nc12. The predicted molar refractivity (Wildman–Crippen MR) is 117 cm³/mol. The number of H-pyrrole nitrogens is 1. The molecule has 0 aliphatic carbocycles. The zero-order valence-electron chi connectivity index (χ0n) is 17.8. The van der Waals surface area contributed by atoms with E-state index in [2.05, 4.69) is 9.97 Å². The van der Waals surface area contributed by atoms with E-state index in [1.165, 1.54) is 0 Å². The molecule has 2 heterocycles. The number of aromatic amines is 1. The highest BCUT2D eigenvalue weighted by Gasteiger charge is 2.43. The van der Waals surface area contributed by atoms with Crippen molar-refractivity contribution in [2.75, 3.05) is 26.3 Å². The summed E-state index contributed by atoms with van der Waals surface area (Å²) < 4.78 is 5.64. The van der Waals surface area contributed by atoms with Gasteiger partial charge >= 0.3 is 0 Å². The van der Waals surface area contributed by atoms with Crippen molar-refractivity contribution in [2.24, 2.45) is 5.41 Å². The Balaban J connectivity index is 1.37. The summed E-state index contributed by atoms with van der Waals surface area (Å²) >= 11 is 0. The van der Waals surface area contributed by atoms with E-state index in [4.69, 9.17) is 4.74 Å². The maximum atomic E-state index is 12.8. The van der Waals surface area contributed by atoms with Gasteiger partial charge in [0, 0.05) is 18.5 Å². The van der Waals surface area contributed by atoms with Gasteiger partial charge in [0.1, 0.15) is 19.0 Å². The molecule has 1 fully saturated rings. The first kappa shape index (κ1) is 21.5. The fourth-order valence-electron chi connectivity index (χ4n) is 4.37. The van der Waals surface area contributed by atoms with Gasteiger partial charge < -0.3 is 24.8 Å². The van der Waals surface area contributed by atoms with E-state index in [-0.39, 0.29) is 25.7 Å². The number of carbonyl (C=O) groups excluding carboxylic acids is 1. The Morgan fingerprint density at radius 3 is 2.81 bits per heavy atom. The third-order valence-electron chi connectivity index (χ3n) is 6.18. The first-order valence-electron chi connectivity index (χ1n) is 10.6. The highest BCUT2D eigenvalue weighted by atomic mass is 16.5. The van der Waals surface area contributed by atoms with Crippen LogP contribution < -0.4 is 0 Å². The minimum absolute atomic E-state index is 0.0705. The Hall–Kier alpha value is -2.74. The van der Waals surface area contributed by atoms with Gasteiger partial charge in [-0.3, -0.25) is 4.79 Å². The summed E-state index contributed by atoms with van der Waals surface area (Å²) in [4.78, 5) is 22.2. The van der Waals surface area contributed by atoms with E-state index < -0.39 is 11.5 Å². The standard InChI is InChI=1S/C24H29N3O4/c1-17-6-5-9-19-23(17)26-21(25-19)13-31-14-22(30)27-11-10-20(29)24(15-27,16-28)12-18-7-3-2-4-8-18/h2-9,20,28-29H,10-16H2,1H3,(H,25,26)/t20-,24+/m1/s1. The molecule has 3 N–H and O–H groups in total. The minimum atomic E-state index is -0.772. The second kappa shape index (κ2) is 9.18. The lowest BCUT2D eigenvalue weighted by Crippen LogP contribution is -2.56. The zero-order chi connectivity index (χ0) is 21.8. The Bertz CT molecular complexity index is 1040. The number of amides is 1. The lowest BCUT2D eigenvalue weighted by Gasteiger charge is -2.45. The minimum Gasteiger partial charge on any atom is -0.396 e. The van der Waals surface area contributed by atoms with E-state index in [0.29, 0.717) is 31.8 Å². The summed E-state index contributed by atoms with van der Waals surface area (Å²) in [5, 5.41) is 20.8. The van der Waals surface area contributed by atoms with Crippen LogP contribution in [0.3, 0.4) is 0 Å². The van der Waals surface area contributed by atoms with E-state index in [1.807, 2.05) is 55.5 Å². The molecule has 0 spiro atoms. The fraction of sp³-hybridized carbons (Fsp3) is 0.417. The fourth-order valence-corrected chi connectivity index (χ4v) is 4.37. The molecule has 0 radical (unpaired) electrons. The maximum absolute atomic E-state index is 12.8. The van der Waals surface area contributed by atoms with Gasteiger partial charge in [0.25, 0.3) is 0 Å². The smallest absolute Gasteiger partial charge is 0.248 e. The number of aryl methyl sites for hydroxylation is 1. The summed E-state index contributed by atoms with van der Waals surface area (Å²) in [6.07, 6.45) is 0.276. The molecule has 1 saturated heterocycles. The van der Waals surface area contributed by atoms with Crippen LogP contribution in [0.1, 0.15) is 23.4 Å². The number of nitrogens with zero attached hydrogens (tertiary/aromatic N) is 2. The number of hydrogen-bond donors (Lipinski definition) is 3. The molecule has 0 bridgehead atoms. The maximum Gasteiger partial charge on any atom is 0.248 e. The summed E-state index contributed by atoms with van der Waals surface area (Å²) in [6, 6.07) is 15.7. The second-order valence-electron chi connectivity index (χ2n) is 8.45. The van der Waals surface area contributed by atoms with Gasteiger partial charge in [0.2, 0.25) is 5.91 Å². The van der Waals surface area contributed by atoms with Crippen molar-refractivity contribution in [2.45, 2.75) is 32.5 Å². The van der Waals surface area contributed by atoms with Crippen LogP contribution in [0.4, 0.5) is 0 Å². The number of rotatable bonds is 7. The summed E-state index contributed by atoms with van der Waals surface area (Å²) in [7, 11) is 0. The van der Waals surface area contributed by atoms with Crippen LogP contribution in [-0.2, 0) is 22.6 Å². The molecule has 164 valence electrons. The highest BCUT2D eigenvalue weighted by Crippen LogP contribution is 2.34. The summed E-state index contributed by atoms with van der Waals surface area (Å²) in [6.45, 7) is 2.71. The second-order valence-corrected chi connectivity index (χ2v) is 8.45. The number of carbonyl (C=O) groups is 1. The highest BCUT2D eigenvalue weighted by molar-refractivity contribution is 5.79. The van der Waals surface area contributed by atoms with Crippen molar-refractivity contribution in [1.82, 2.24) is 14.9 Å². The molecule has 4 rings (SSSR count). The van der Waals surface area contributed by atoms with Crippen LogP contribution in [0.5, 0.6) is 0 Å². The van der Waals surface area contributed by atoms with Crippen LogP contribution in [0.15, 0.2) is 48.5 Å². The van der Waals surface area contributed by atoms with E-state index in [0.717, 1.165) is 22.2 Å². The summed E-state index contributed by atoms with van der Waals surface area (Å²) in [5.41, 5.74) is 3.20. The first-order chi connectivity index (χ1) is 15.0. The van der Waals surface area contributed by atoms with Crippen molar-refractivity contribution in [3.8, 4) is 0 Å². The molecule has 1 amide bonds. The molecule has 2 atom stereocenters. The number of ether oxygens (including phenoxy) is 1. The Kier molecular flexibility index (Phi) is 6.36. The van der Waals surface area contributed by atoms with Gasteiger partial charge in [-0.25, -0.2) is 4.98 Å². The van der Waals surface area contributed by atoms with Crippen molar-refractivity contribution in [3.05, 3.63) is 65.5 Å². The molecule has 1 aliphatic rings. The monoisotopic (exact) mass is 423 g/mol. The van der Waals surface area contributed by atoms with Gasteiger partial charge in [-0.1, -0.05) is 42.5 Å². The first-order valence-corrected chi connectivity index (χ1v) is 10.6. The number of likely N-dealkylation sites (tertiary alicyclic amines) is 1. The van der Waals surface area contributed by atoms with Gasteiger partial charge in [-0.2, -0.15) is 0 Å². The number of para-hydroxylation sites is 1. The number of aromatic nitrogens is 2. The Morgan fingerprint density at radius 2 is 2.06 bits per heavy atom. The van der Waals surface area contributed by atoms with Gasteiger partial charge in [-0.05, 0) is 37.0 Å². The molecule has 1 aliphatic heterocycles. The van der Waals surface area contributed by atoms with E-state index in [9.17, 15) is 15.0 Å². The lowest BCUT2D eigenvalue weighted by atomic mass is 9.73. The number of aliphatic hydroxyl groups is 2. The average Bonchev–Trinajstić information content (AvgIpc) is 3.20. The molecular formula is C24H29N3O4. The van der Waals surface area contributed by atoms with Gasteiger partial charge in [-0.15, -0.1) is 0 Å². The van der Waals surface area contributed by atoms with Crippen LogP contribution in [0.2, 0.25) is 0 Å². The number of nitrogens with one attached hydrogen (secondary N) is 1. The van der Waals surface area contributed by atoms with Gasteiger partial charge in [0.15, 0.2) is 0 Å². The molecular weight excluding hydrogens is 394 g/mol. The van der Waals surface area contributed by atoms with Crippen molar-refractivity contribution in [3.63, 3.8) is 0 Å². The number of hydrogen-bond acceptors (Lipinski definition) is 5. The number of imidazole rings is 1. The molecule has 0 saturated carbocycles. The Morgan fingerprint density at radius 1 is 1.26 bits per heavy atom. The lowest BCUT2D eigenvalue weighted by molar-refractivity contribution is -0.147. The van der Waals surface area contributed by atoms with Crippen LogP contribution in [0, 0.1) is 12.3 Å². The molecule has 7 nitrogen and oxygen atoms in total. The van der Waals surface area contributed by atoms with Crippen molar-refractivity contribution in [1.29, 1.82) is 0 Å². The number of aliphatic hydroxyl groups excluding tert-OH is 2. The molecule has 31 heavy (non-hydrogen) atoms. The predicted octanol–water partition coefficient (Wildman–Crippen LogP) is 2.20. The van der Waals surface area contributed by atoms with Crippen LogP contribution >= 0.6 is 0 Å². The number of benzene rings is 2. The molecule has 1 aromatic heterocycles. The quantitative estimate of drug-likeness (QED) is 0.541. The number of fused-ring (bicyclic) bond motifs is 1. The zero-order valence-corrected chi connectivity index (χ0v) is 17.8. The molecule has 7 heteroatoms. The van der Waals surface area contributed by atoms with Crippen molar-refractivity contribution >= 4 is 16.9 Å². The van der Waals surface area contributed by atoms with Crippen molar-refractivity contribution < 1.29 is 19.7 Å². The molecule has 3 aromatic rings. The summed E-state index contributed by atoms with van der Waals surface area (Å²) in [5.74, 6) is 0.532. The van der Waals surface area contributed by atoms with Crippen LogP contribution in [0.25, 0.3) is 11.0 Å².